The van der Waals surface area contributed by atoms with E-state index in [0.29, 0.717) is 24.7 Å². The summed E-state index contributed by atoms with van der Waals surface area (Å²) in [5.74, 6) is 2.85. The molecule has 0 N–H and O–H groups in total. The van der Waals surface area contributed by atoms with Crippen molar-refractivity contribution in [2.45, 2.75) is 25.2 Å². The first kappa shape index (κ1) is 18.3. The van der Waals surface area contributed by atoms with Gasteiger partial charge < -0.3 is 18.6 Å². The number of hydrogen-bond donors (Lipinski definition) is 0. The molecular weight excluding hydrogens is 356 g/mol. The third-order valence-electron chi connectivity index (χ3n) is 5.20. The molecule has 2 aromatic heterocycles. The molecule has 1 saturated heterocycles. The number of carbonyl (C=O) groups excluding carboxylic acids is 1. The number of ether oxygens (including phenoxy) is 1. The van der Waals surface area contributed by atoms with E-state index >= 15 is 0 Å². The second-order valence-corrected chi connectivity index (χ2v) is 7.11. The van der Waals surface area contributed by atoms with Crippen LogP contribution in [0.25, 0.3) is 0 Å². The largest absolute Gasteiger partial charge is 0.496 e. The van der Waals surface area contributed by atoms with Gasteiger partial charge in [0.1, 0.15) is 11.5 Å². The molecule has 7 nitrogen and oxygen atoms in total. The van der Waals surface area contributed by atoms with E-state index in [9.17, 15) is 4.79 Å². The Balaban J connectivity index is 1.46. The Labute approximate surface area is 164 Å². The van der Waals surface area contributed by atoms with Crippen LogP contribution in [0.3, 0.4) is 0 Å². The van der Waals surface area contributed by atoms with Crippen molar-refractivity contribution in [1.29, 1.82) is 0 Å². The maximum atomic E-state index is 12.8. The normalized spacial score (nSPS) is 16.9. The topological polar surface area (TPSA) is 73.4 Å². The summed E-state index contributed by atoms with van der Waals surface area (Å²) in [6, 6.07) is 7.89. The Morgan fingerprint density at radius 1 is 1.32 bits per heavy atom. The zero-order valence-corrected chi connectivity index (χ0v) is 16.2. The number of aromatic nitrogens is 3. The molecule has 146 valence electrons. The molecule has 1 fully saturated rings. The van der Waals surface area contributed by atoms with Crippen molar-refractivity contribution in [2.75, 3.05) is 20.2 Å². The molecule has 7 heteroatoms. The Kier molecular flexibility index (Phi) is 5.14. The van der Waals surface area contributed by atoms with Crippen molar-refractivity contribution in [3.63, 3.8) is 0 Å². The van der Waals surface area contributed by atoms with Gasteiger partial charge >= 0.3 is 0 Å². The van der Waals surface area contributed by atoms with Crippen LogP contribution < -0.4 is 4.74 Å². The van der Waals surface area contributed by atoms with E-state index < -0.39 is 0 Å². The van der Waals surface area contributed by atoms with Gasteiger partial charge in [-0.3, -0.25) is 4.79 Å². The molecule has 0 bridgehead atoms. The monoisotopic (exact) mass is 380 g/mol. The molecule has 1 aliphatic rings. The standard InChI is InChI=1S/C21H24N4O3/c1-24-11-9-22-19(24)21(26)25-10-5-7-16(14-25)20-23-13-17(28-20)12-15-6-3-4-8-18(15)27-2/h3-4,6,8-9,11,13,16H,5,7,10,12,14H2,1-2H3/t16-/m1/s1. The van der Waals surface area contributed by atoms with E-state index in [4.69, 9.17) is 9.15 Å². The number of carbonyl (C=O) groups is 1. The van der Waals surface area contributed by atoms with Gasteiger partial charge in [0.05, 0.1) is 19.2 Å². The Hall–Kier alpha value is -3.09. The van der Waals surface area contributed by atoms with Crippen molar-refractivity contribution < 1.29 is 13.9 Å². The lowest BCUT2D eigenvalue weighted by Crippen LogP contribution is -2.40. The number of hydrogen-bond acceptors (Lipinski definition) is 5. The second kappa shape index (κ2) is 7.88. The number of aryl methyl sites for hydroxylation is 1. The van der Waals surface area contributed by atoms with Crippen molar-refractivity contribution in [1.82, 2.24) is 19.4 Å². The van der Waals surface area contributed by atoms with Gasteiger partial charge in [0.2, 0.25) is 0 Å². The maximum absolute atomic E-state index is 12.8. The summed E-state index contributed by atoms with van der Waals surface area (Å²) >= 11 is 0. The minimum absolute atomic E-state index is 0.0435. The predicted octanol–water partition coefficient (Wildman–Crippen LogP) is 3.03. The molecule has 3 heterocycles. The van der Waals surface area contributed by atoms with Gasteiger partial charge in [-0.1, -0.05) is 18.2 Å². The minimum Gasteiger partial charge on any atom is -0.496 e. The fourth-order valence-electron chi connectivity index (χ4n) is 3.71. The molecule has 0 aliphatic carbocycles. The smallest absolute Gasteiger partial charge is 0.289 e. The van der Waals surface area contributed by atoms with Gasteiger partial charge in [-0.15, -0.1) is 0 Å². The van der Waals surface area contributed by atoms with Crippen LogP contribution in [-0.2, 0) is 13.5 Å². The number of piperidine rings is 1. The lowest BCUT2D eigenvalue weighted by atomic mass is 9.98. The first-order chi connectivity index (χ1) is 13.7. The molecule has 28 heavy (non-hydrogen) atoms. The highest BCUT2D eigenvalue weighted by molar-refractivity contribution is 5.90. The molecule has 0 saturated carbocycles. The van der Waals surface area contributed by atoms with E-state index in [1.165, 1.54) is 0 Å². The fraction of sp³-hybridized carbons (Fsp3) is 0.381. The Morgan fingerprint density at radius 2 is 2.18 bits per heavy atom. The Bertz CT molecular complexity index is 962. The van der Waals surface area contributed by atoms with E-state index in [-0.39, 0.29) is 11.8 Å². The molecule has 1 atom stereocenters. The number of imidazole rings is 1. The van der Waals surface area contributed by atoms with Crippen molar-refractivity contribution >= 4 is 5.91 Å². The predicted molar refractivity (Wildman–Crippen MR) is 103 cm³/mol. The van der Waals surface area contributed by atoms with Crippen molar-refractivity contribution in [3.8, 4) is 5.75 Å². The summed E-state index contributed by atoms with van der Waals surface area (Å²) < 4.78 is 13.2. The van der Waals surface area contributed by atoms with Gasteiger partial charge in [-0.05, 0) is 18.9 Å². The number of rotatable bonds is 5. The van der Waals surface area contributed by atoms with Gasteiger partial charge in [-0.2, -0.15) is 0 Å². The summed E-state index contributed by atoms with van der Waals surface area (Å²) in [5.41, 5.74) is 1.06. The number of amides is 1. The number of oxazole rings is 1. The lowest BCUT2D eigenvalue weighted by molar-refractivity contribution is 0.0682. The number of benzene rings is 1. The summed E-state index contributed by atoms with van der Waals surface area (Å²) in [6.07, 6.45) is 7.71. The van der Waals surface area contributed by atoms with E-state index in [2.05, 4.69) is 9.97 Å². The van der Waals surface area contributed by atoms with Crippen LogP contribution in [0.5, 0.6) is 5.75 Å². The third-order valence-corrected chi connectivity index (χ3v) is 5.20. The van der Waals surface area contributed by atoms with Crippen LogP contribution >= 0.6 is 0 Å². The molecule has 0 unspecified atom stereocenters. The second-order valence-electron chi connectivity index (χ2n) is 7.11. The van der Waals surface area contributed by atoms with Gasteiger partial charge in [0.15, 0.2) is 11.7 Å². The molecule has 1 amide bonds. The van der Waals surface area contributed by atoms with E-state index in [1.54, 1.807) is 30.3 Å². The number of methoxy groups -OCH3 is 1. The first-order valence-corrected chi connectivity index (χ1v) is 9.49. The third kappa shape index (κ3) is 3.65. The van der Waals surface area contributed by atoms with Gasteiger partial charge in [0, 0.05) is 44.5 Å². The highest BCUT2D eigenvalue weighted by atomic mass is 16.5. The van der Waals surface area contributed by atoms with Crippen LogP contribution in [0, 0.1) is 0 Å². The molecule has 1 aromatic carbocycles. The van der Waals surface area contributed by atoms with Crippen LogP contribution in [0.15, 0.2) is 47.3 Å². The zero-order valence-electron chi connectivity index (χ0n) is 16.2. The van der Waals surface area contributed by atoms with Crippen LogP contribution in [0.2, 0.25) is 0 Å². The summed E-state index contributed by atoms with van der Waals surface area (Å²) in [4.78, 5) is 23.3. The maximum Gasteiger partial charge on any atom is 0.289 e. The highest BCUT2D eigenvalue weighted by Crippen LogP contribution is 2.29. The van der Waals surface area contributed by atoms with Crippen LogP contribution in [-0.4, -0.2) is 45.5 Å². The Morgan fingerprint density at radius 3 is 2.96 bits per heavy atom. The average molecular weight is 380 g/mol. The molecule has 4 rings (SSSR count). The van der Waals surface area contributed by atoms with Gasteiger partial charge in [-0.25, -0.2) is 9.97 Å². The summed E-state index contributed by atoms with van der Waals surface area (Å²) in [7, 11) is 3.50. The molecule has 3 aromatic rings. The van der Waals surface area contributed by atoms with Gasteiger partial charge in [0.25, 0.3) is 5.91 Å². The summed E-state index contributed by atoms with van der Waals surface area (Å²) in [5, 5.41) is 0. The summed E-state index contributed by atoms with van der Waals surface area (Å²) in [6.45, 7) is 1.33. The molecule has 0 radical (unpaired) electrons. The molecule has 0 spiro atoms. The average Bonchev–Trinajstić information content (AvgIpc) is 3.37. The SMILES string of the molecule is COc1ccccc1Cc1cnc([C@@H]2CCCN(C(=O)c3nccn3C)C2)o1. The number of nitrogens with zero attached hydrogens (tertiary/aromatic N) is 4. The quantitative estimate of drug-likeness (QED) is 0.680. The van der Waals surface area contributed by atoms with Crippen LogP contribution in [0.1, 0.15) is 46.6 Å². The number of para-hydroxylation sites is 1. The van der Waals surface area contributed by atoms with Crippen molar-refractivity contribution in [3.05, 3.63) is 65.9 Å². The molecular formula is C21H24N4O3. The minimum atomic E-state index is -0.0435. The van der Waals surface area contributed by atoms with E-state index in [0.717, 1.165) is 36.5 Å². The first-order valence-electron chi connectivity index (χ1n) is 9.49. The zero-order chi connectivity index (χ0) is 19.5. The van der Waals surface area contributed by atoms with E-state index in [1.807, 2.05) is 36.2 Å². The molecule has 1 aliphatic heterocycles. The number of likely N-dealkylation sites (tertiary alicyclic amines) is 1. The van der Waals surface area contributed by atoms with Crippen molar-refractivity contribution in [2.24, 2.45) is 7.05 Å². The highest BCUT2D eigenvalue weighted by Gasteiger charge is 2.29. The van der Waals surface area contributed by atoms with Crippen LogP contribution in [0.4, 0.5) is 0 Å². The fourth-order valence-corrected chi connectivity index (χ4v) is 3.71. The lowest BCUT2D eigenvalue weighted by Gasteiger charge is -2.31.